The molecule has 0 amide bonds. The SMILES string of the molecule is CCC.CCCCCOc1cc(CO)cc(CO)c1. The maximum absolute atomic E-state index is 9.05. The van der Waals surface area contributed by atoms with Crippen LogP contribution in [0.1, 0.15) is 57.6 Å². The molecule has 2 N–H and O–H groups in total. The van der Waals surface area contributed by atoms with Gasteiger partial charge in [0.1, 0.15) is 5.75 Å². The van der Waals surface area contributed by atoms with Crippen molar-refractivity contribution >= 4 is 0 Å². The van der Waals surface area contributed by atoms with Crippen molar-refractivity contribution in [1.82, 2.24) is 0 Å². The predicted octanol–water partition coefficient (Wildman–Crippen LogP) is 3.66. The summed E-state index contributed by atoms with van der Waals surface area (Å²) in [5.41, 5.74) is 1.55. The molecule has 3 nitrogen and oxygen atoms in total. The highest BCUT2D eigenvalue weighted by molar-refractivity contribution is 5.33. The zero-order valence-corrected chi connectivity index (χ0v) is 12.5. The Hall–Kier alpha value is -1.06. The van der Waals surface area contributed by atoms with Crippen LogP contribution in [-0.2, 0) is 13.2 Å². The normalized spacial score (nSPS) is 9.74. The number of benzene rings is 1. The molecule has 0 fully saturated rings. The highest BCUT2D eigenvalue weighted by Gasteiger charge is 2.01. The van der Waals surface area contributed by atoms with Gasteiger partial charge in [0.15, 0.2) is 0 Å². The largest absolute Gasteiger partial charge is 0.494 e. The molecule has 0 unspecified atom stereocenters. The smallest absolute Gasteiger partial charge is 0.120 e. The molecule has 19 heavy (non-hydrogen) atoms. The number of unbranched alkanes of at least 4 members (excludes halogenated alkanes) is 2. The van der Waals surface area contributed by atoms with Crippen molar-refractivity contribution in [3.05, 3.63) is 29.3 Å². The summed E-state index contributed by atoms with van der Waals surface area (Å²) in [7, 11) is 0. The molecule has 0 spiro atoms. The summed E-state index contributed by atoms with van der Waals surface area (Å²) >= 11 is 0. The first-order chi connectivity index (χ1) is 9.21. The Morgan fingerprint density at radius 1 is 0.895 bits per heavy atom. The molecule has 1 rings (SSSR count). The van der Waals surface area contributed by atoms with E-state index in [1.807, 2.05) is 12.1 Å². The van der Waals surface area contributed by atoms with Crippen molar-refractivity contribution in [2.75, 3.05) is 6.61 Å². The second-order valence-corrected chi connectivity index (χ2v) is 4.56. The summed E-state index contributed by atoms with van der Waals surface area (Å²) in [4.78, 5) is 0. The highest BCUT2D eigenvalue weighted by atomic mass is 16.5. The van der Waals surface area contributed by atoms with Gasteiger partial charge >= 0.3 is 0 Å². The van der Waals surface area contributed by atoms with E-state index in [4.69, 9.17) is 14.9 Å². The van der Waals surface area contributed by atoms with Gasteiger partial charge in [-0.2, -0.15) is 0 Å². The van der Waals surface area contributed by atoms with Crippen LogP contribution in [0.3, 0.4) is 0 Å². The van der Waals surface area contributed by atoms with Gasteiger partial charge in [-0.15, -0.1) is 0 Å². The Bertz CT molecular complexity index is 302. The summed E-state index contributed by atoms with van der Waals surface area (Å²) in [6.45, 7) is 7.03. The molecule has 0 aliphatic heterocycles. The number of aliphatic hydroxyl groups excluding tert-OH is 2. The fraction of sp³-hybridized carbons (Fsp3) is 0.625. The van der Waals surface area contributed by atoms with Gasteiger partial charge in [-0.05, 0) is 29.7 Å². The monoisotopic (exact) mass is 268 g/mol. The van der Waals surface area contributed by atoms with Gasteiger partial charge in [0.2, 0.25) is 0 Å². The predicted molar refractivity (Wildman–Crippen MR) is 79.3 cm³/mol. The average molecular weight is 268 g/mol. The lowest BCUT2D eigenvalue weighted by atomic mass is 10.1. The van der Waals surface area contributed by atoms with Gasteiger partial charge in [0.25, 0.3) is 0 Å². The van der Waals surface area contributed by atoms with E-state index in [1.54, 1.807) is 6.07 Å². The minimum atomic E-state index is -0.0286. The lowest BCUT2D eigenvalue weighted by Crippen LogP contribution is -1.99. The van der Waals surface area contributed by atoms with Crippen LogP contribution in [0.4, 0.5) is 0 Å². The van der Waals surface area contributed by atoms with E-state index in [9.17, 15) is 0 Å². The van der Waals surface area contributed by atoms with Gasteiger partial charge in [0, 0.05) is 0 Å². The lowest BCUT2D eigenvalue weighted by Gasteiger charge is -2.09. The molecule has 0 aliphatic rings. The quantitative estimate of drug-likeness (QED) is 0.742. The van der Waals surface area contributed by atoms with E-state index in [-0.39, 0.29) is 13.2 Å². The van der Waals surface area contributed by atoms with Gasteiger partial charge < -0.3 is 14.9 Å². The van der Waals surface area contributed by atoms with Crippen LogP contribution in [0, 0.1) is 0 Å². The van der Waals surface area contributed by atoms with E-state index in [0.717, 1.165) is 29.7 Å². The van der Waals surface area contributed by atoms with Crippen LogP contribution >= 0.6 is 0 Å². The fourth-order valence-electron chi connectivity index (χ4n) is 1.54. The Balaban J connectivity index is 0.000000982. The van der Waals surface area contributed by atoms with E-state index in [1.165, 1.54) is 12.8 Å². The molecule has 3 heteroatoms. The molecule has 0 radical (unpaired) electrons. The Kier molecular flexibility index (Phi) is 11.3. The summed E-state index contributed by atoms with van der Waals surface area (Å²) < 4.78 is 5.57. The van der Waals surface area contributed by atoms with Crippen molar-refractivity contribution in [3.63, 3.8) is 0 Å². The molecule has 1 aromatic carbocycles. The molecule has 110 valence electrons. The van der Waals surface area contributed by atoms with E-state index in [0.29, 0.717) is 6.61 Å². The molecule has 1 aromatic rings. The number of ether oxygens (including phenoxy) is 1. The van der Waals surface area contributed by atoms with E-state index < -0.39 is 0 Å². The molecule has 0 bridgehead atoms. The third-order valence-electron chi connectivity index (χ3n) is 2.41. The average Bonchev–Trinajstić information content (AvgIpc) is 2.44. The van der Waals surface area contributed by atoms with E-state index >= 15 is 0 Å². The molecule has 0 atom stereocenters. The first-order valence-corrected chi connectivity index (χ1v) is 7.19. The summed E-state index contributed by atoms with van der Waals surface area (Å²) in [5, 5.41) is 18.1. The molecule has 0 aliphatic carbocycles. The lowest BCUT2D eigenvalue weighted by molar-refractivity contribution is 0.270. The zero-order chi connectivity index (χ0) is 14.5. The molecule has 0 saturated heterocycles. The topological polar surface area (TPSA) is 49.7 Å². The van der Waals surface area contributed by atoms with Crippen molar-refractivity contribution in [2.24, 2.45) is 0 Å². The van der Waals surface area contributed by atoms with E-state index in [2.05, 4.69) is 20.8 Å². The van der Waals surface area contributed by atoms with Gasteiger partial charge in [-0.1, -0.05) is 46.1 Å². The Morgan fingerprint density at radius 3 is 1.84 bits per heavy atom. The standard InChI is InChI=1S/C13H20O3.C3H8/c1-2-3-4-5-16-13-7-11(9-14)6-12(8-13)10-15;1-3-2/h6-8,14-15H,2-5,9-10H2,1H3;3H2,1-2H3. The molecule has 0 heterocycles. The van der Waals surface area contributed by atoms with Crippen LogP contribution in [0.15, 0.2) is 18.2 Å². The second kappa shape index (κ2) is 12.0. The molecular formula is C16H28O3. The van der Waals surface area contributed by atoms with Crippen LogP contribution in [-0.4, -0.2) is 16.8 Å². The third-order valence-corrected chi connectivity index (χ3v) is 2.41. The minimum Gasteiger partial charge on any atom is -0.494 e. The molecule has 0 saturated carbocycles. The fourth-order valence-corrected chi connectivity index (χ4v) is 1.54. The van der Waals surface area contributed by atoms with Gasteiger partial charge in [0.05, 0.1) is 19.8 Å². The summed E-state index contributed by atoms with van der Waals surface area (Å²) in [5.74, 6) is 0.728. The van der Waals surface area contributed by atoms with Crippen molar-refractivity contribution in [2.45, 2.75) is 59.7 Å². The number of rotatable bonds is 7. The summed E-state index contributed by atoms with van der Waals surface area (Å²) in [6.07, 6.45) is 4.61. The van der Waals surface area contributed by atoms with Gasteiger partial charge in [-0.25, -0.2) is 0 Å². The maximum Gasteiger partial charge on any atom is 0.120 e. The van der Waals surface area contributed by atoms with Crippen molar-refractivity contribution in [1.29, 1.82) is 0 Å². The van der Waals surface area contributed by atoms with Crippen molar-refractivity contribution < 1.29 is 14.9 Å². The minimum absolute atomic E-state index is 0.0286. The number of aliphatic hydroxyl groups is 2. The van der Waals surface area contributed by atoms with Crippen LogP contribution < -0.4 is 4.74 Å². The molecular weight excluding hydrogens is 240 g/mol. The number of hydrogen-bond donors (Lipinski definition) is 2. The Morgan fingerprint density at radius 2 is 1.42 bits per heavy atom. The van der Waals surface area contributed by atoms with Crippen LogP contribution in [0.2, 0.25) is 0 Å². The zero-order valence-electron chi connectivity index (χ0n) is 12.5. The van der Waals surface area contributed by atoms with Crippen molar-refractivity contribution in [3.8, 4) is 5.75 Å². The first-order valence-electron chi connectivity index (χ1n) is 7.19. The summed E-state index contributed by atoms with van der Waals surface area (Å²) in [6, 6.07) is 5.40. The van der Waals surface area contributed by atoms with Crippen LogP contribution in [0.25, 0.3) is 0 Å². The van der Waals surface area contributed by atoms with Crippen LogP contribution in [0.5, 0.6) is 5.75 Å². The first kappa shape index (κ1) is 17.9. The van der Waals surface area contributed by atoms with Gasteiger partial charge in [-0.3, -0.25) is 0 Å². The highest BCUT2D eigenvalue weighted by Crippen LogP contribution is 2.18. The molecule has 0 aromatic heterocycles. The second-order valence-electron chi connectivity index (χ2n) is 4.56. The maximum atomic E-state index is 9.05. The third kappa shape index (κ3) is 8.62. The Labute approximate surface area is 117 Å². The number of hydrogen-bond acceptors (Lipinski definition) is 3.